The molecule has 42 heavy (non-hydrogen) atoms. The van der Waals surface area contributed by atoms with Crippen LogP contribution in [0, 0.1) is 0 Å². The molecule has 2 N–H and O–H groups in total. The Morgan fingerprint density at radius 2 is 1.31 bits per heavy atom. The van der Waals surface area contributed by atoms with Crippen molar-refractivity contribution in [3.8, 4) is 5.75 Å². The van der Waals surface area contributed by atoms with Gasteiger partial charge in [-0.15, -0.1) is 0 Å². The van der Waals surface area contributed by atoms with Crippen molar-refractivity contribution in [3.63, 3.8) is 0 Å². The predicted octanol–water partition coefficient (Wildman–Crippen LogP) is 6.37. The minimum Gasteiger partial charge on any atom is -0.488 e. The number of carbonyl (C=O) groups is 2. The summed E-state index contributed by atoms with van der Waals surface area (Å²) in [6.45, 7) is 15.9. The molecule has 2 amide bonds. The fourth-order valence-electron chi connectivity index (χ4n) is 4.73. The van der Waals surface area contributed by atoms with Crippen molar-refractivity contribution in [2.75, 3.05) is 44.2 Å². The van der Waals surface area contributed by atoms with Gasteiger partial charge in [-0.25, -0.2) is 4.98 Å². The van der Waals surface area contributed by atoms with Crippen LogP contribution < -0.4 is 15.2 Å². The lowest BCUT2D eigenvalue weighted by atomic mass is 10.2. The van der Waals surface area contributed by atoms with Gasteiger partial charge >= 0.3 is 0 Å². The average Bonchev–Trinajstić information content (AvgIpc) is 3.41. The number of rotatable bonds is 22. The molecule has 0 fully saturated rings. The maximum atomic E-state index is 13.7. The highest BCUT2D eigenvalue weighted by Crippen LogP contribution is 2.38. The van der Waals surface area contributed by atoms with Crippen molar-refractivity contribution in [2.45, 2.75) is 112 Å². The summed E-state index contributed by atoms with van der Waals surface area (Å²) in [7, 11) is 0. The number of anilines is 1. The summed E-state index contributed by atoms with van der Waals surface area (Å²) in [5.41, 5.74) is 7.06. The van der Waals surface area contributed by atoms with Gasteiger partial charge in [0.1, 0.15) is 0 Å². The molecule has 2 aromatic rings. The number of nitrogens with two attached hydrogens (primary N) is 1. The summed E-state index contributed by atoms with van der Waals surface area (Å²) in [6.07, 6.45) is 9.74. The number of aromatic nitrogens is 1. The lowest BCUT2D eigenvalue weighted by molar-refractivity contribution is -0.210. The first-order valence-corrected chi connectivity index (χ1v) is 17.0. The van der Waals surface area contributed by atoms with Gasteiger partial charge in [0.2, 0.25) is 11.8 Å². The van der Waals surface area contributed by atoms with Gasteiger partial charge in [0, 0.05) is 32.2 Å². The fourth-order valence-corrected chi connectivity index (χ4v) is 5.71. The van der Waals surface area contributed by atoms with E-state index in [0.717, 1.165) is 101 Å². The van der Waals surface area contributed by atoms with E-state index in [4.69, 9.17) is 15.3 Å². The molecule has 0 aliphatic carbocycles. The van der Waals surface area contributed by atoms with E-state index in [0.29, 0.717) is 16.6 Å². The molecule has 0 radical (unpaired) electrons. The van der Waals surface area contributed by atoms with Crippen LogP contribution in [0.3, 0.4) is 0 Å². The van der Waals surface area contributed by atoms with Crippen LogP contribution in [0.2, 0.25) is 0 Å². The molecule has 1 heterocycles. The molecular weight excluding hydrogens is 548 g/mol. The Balaban J connectivity index is 2.46. The van der Waals surface area contributed by atoms with E-state index < -0.39 is 0 Å². The van der Waals surface area contributed by atoms with Gasteiger partial charge in [-0.05, 0) is 49.7 Å². The zero-order chi connectivity index (χ0) is 30.9. The number of thiazole rings is 1. The number of carbonyl (C=O) groups excluding carboxylic acids is 2. The molecule has 236 valence electrons. The van der Waals surface area contributed by atoms with Gasteiger partial charge < -0.3 is 19.4 Å². The van der Waals surface area contributed by atoms with Gasteiger partial charge in [0.25, 0.3) is 0 Å². The van der Waals surface area contributed by atoms with E-state index in [1.807, 2.05) is 26.8 Å². The third-order valence-corrected chi connectivity index (χ3v) is 8.63. The Morgan fingerprint density at radius 3 is 1.71 bits per heavy atom. The largest absolute Gasteiger partial charge is 0.488 e. The molecule has 0 bridgehead atoms. The minimum absolute atomic E-state index is 0.0352. The number of amides is 2. The SMILES string of the molecule is CCCCN(CCCC)C(=O)CN(CC(=O)N(CCCC)CCCC)c1nc2cc(OC(CC)CC)c(N=[NH2+])cc2s1. The molecule has 0 saturated heterocycles. The number of hydrogen-bond acceptors (Lipinski definition) is 7. The summed E-state index contributed by atoms with van der Waals surface area (Å²) in [6, 6.07) is 3.77. The molecule has 0 atom stereocenters. The fraction of sp³-hybridized carbons (Fsp3) is 0.719. The van der Waals surface area contributed by atoms with Crippen molar-refractivity contribution in [3.05, 3.63) is 12.1 Å². The second kappa shape index (κ2) is 19.4. The lowest BCUT2D eigenvalue weighted by Crippen LogP contribution is -2.46. The van der Waals surface area contributed by atoms with Gasteiger partial charge in [-0.1, -0.05) is 78.6 Å². The van der Waals surface area contributed by atoms with Crippen LogP contribution in [0.5, 0.6) is 5.75 Å². The van der Waals surface area contributed by atoms with E-state index in [1.54, 1.807) is 0 Å². The first-order valence-electron chi connectivity index (χ1n) is 16.2. The van der Waals surface area contributed by atoms with Gasteiger partial charge in [0.05, 0.1) is 29.4 Å². The third kappa shape index (κ3) is 10.8. The van der Waals surface area contributed by atoms with Crippen LogP contribution >= 0.6 is 11.3 Å². The molecule has 2 rings (SSSR count). The molecule has 9 nitrogen and oxygen atoms in total. The second-order valence-electron chi connectivity index (χ2n) is 11.0. The number of unbranched alkanes of at least 4 members (excludes halogenated alkanes) is 4. The maximum Gasteiger partial charge on any atom is 0.242 e. The standard InChI is InChI=1S/C32H54N6O3S/c1-7-13-17-36(18-14-8-2)30(39)23-38(24-31(40)37(19-15-9-3)20-16-10-4)32-34-27-21-28(41-25(11-5)12-6)26(35-33)22-29(27)42-32/h21-22,25,33H,7-20,23-24H2,1-6H3/p+1. The molecule has 0 spiro atoms. The number of nitrogens with zero attached hydrogens (tertiary/aromatic N) is 5. The van der Waals surface area contributed by atoms with Crippen LogP contribution in [0.15, 0.2) is 17.2 Å². The Bertz CT molecular complexity index is 1050. The van der Waals surface area contributed by atoms with E-state index in [-0.39, 0.29) is 31.0 Å². The normalized spacial score (nSPS) is 11.2. The highest BCUT2D eigenvalue weighted by atomic mass is 32.1. The minimum atomic E-state index is 0.0352. The van der Waals surface area contributed by atoms with Crippen LogP contribution in [-0.4, -0.2) is 72.0 Å². The molecule has 10 heteroatoms. The van der Waals surface area contributed by atoms with Crippen molar-refractivity contribution in [1.82, 2.24) is 14.8 Å². The van der Waals surface area contributed by atoms with E-state index in [2.05, 4.69) is 46.7 Å². The summed E-state index contributed by atoms with van der Waals surface area (Å²) in [4.78, 5) is 38.1. The van der Waals surface area contributed by atoms with Crippen LogP contribution in [0.25, 0.3) is 10.2 Å². The predicted molar refractivity (Wildman–Crippen MR) is 174 cm³/mol. The number of ether oxygens (including phenoxy) is 1. The van der Waals surface area contributed by atoms with Gasteiger partial charge in [-0.3, -0.25) is 9.59 Å². The molecule has 1 aromatic heterocycles. The molecule has 0 aliphatic rings. The third-order valence-electron chi connectivity index (χ3n) is 7.56. The molecule has 0 unspecified atom stereocenters. The first kappa shape index (κ1) is 35.4. The van der Waals surface area contributed by atoms with Crippen molar-refractivity contribution in [1.29, 1.82) is 0 Å². The Hall–Kier alpha value is -2.75. The number of benzene rings is 1. The second-order valence-corrected chi connectivity index (χ2v) is 12.0. The van der Waals surface area contributed by atoms with Crippen molar-refractivity contribution >= 4 is 44.2 Å². The Morgan fingerprint density at radius 1 is 0.833 bits per heavy atom. The number of fused-ring (bicyclic) bond motifs is 1. The van der Waals surface area contributed by atoms with E-state index in [1.165, 1.54) is 11.3 Å². The summed E-state index contributed by atoms with van der Waals surface area (Å²) in [5, 5.41) is 4.62. The zero-order valence-corrected chi connectivity index (χ0v) is 27.8. The number of hydrogen-bond donors (Lipinski definition) is 1. The van der Waals surface area contributed by atoms with Crippen LogP contribution in [0.4, 0.5) is 10.8 Å². The zero-order valence-electron chi connectivity index (χ0n) is 27.0. The van der Waals surface area contributed by atoms with Crippen LogP contribution in [-0.2, 0) is 9.59 Å². The topological polar surface area (TPSA) is 104 Å². The Kier molecular flexibility index (Phi) is 16.4. The summed E-state index contributed by atoms with van der Waals surface area (Å²) < 4.78 is 7.10. The molecular formula is C32H55N6O3S+. The van der Waals surface area contributed by atoms with E-state index >= 15 is 0 Å². The van der Waals surface area contributed by atoms with Crippen molar-refractivity contribution < 1.29 is 19.9 Å². The smallest absolute Gasteiger partial charge is 0.242 e. The molecule has 1 aromatic carbocycles. The quantitative estimate of drug-likeness (QED) is 0.158. The first-order chi connectivity index (χ1) is 20.3. The van der Waals surface area contributed by atoms with Gasteiger partial charge in [0.15, 0.2) is 16.6 Å². The Labute approximate surface area is 257 Å². The van der Waals surface area contributed by atoms with Crippen molar-refractivity contribution in [2.24, 2.45) is 5.11 Å². The highest BCUT2D eigenvalue weighted by Gasteiger charge is 2.25. The summed E-state index contributed by atoms with van der Waals surface area (Å²) >= 11 is 1.46. The highest BCUT2D eigenvalue weighted by molar-refractivity contribution is 7.22. The average molecular weight is 604 g/mol. The molecule has 0 saturated carbocycles. The maximum absolute atomic E-state index is 13.7. The molecule has 0 aliphatic heterocycles. The van der Waals surface area contributed by atoms with Gasteiger partial charge in [-0.2, -0.15) is 5.53 Å². The monoisotopic (exact) mass is 603 g/mol. The van der Waals surface area contributed by atoms with E-state index in [9.17, 15) is 9.59 Å². The van der Waals surface area contributed by atoms with Crippen LogP contribution in [0.1, 0.15) is 106 Å². The lowest BCUT2D eigenvalue weighted by Gasteiger charge is -2.29. The summed E-state index contributed by atoms with van der Waals surface area (Å²) in [5.74, 6) is 0.672.